The Morgan fingerprint density at radius 1 is 1.24 bits per heavy atom. The number of halogens is 2. The number of hydrogen-bond acceptors (Lipinski definition) is 2. The third-order valence-corrected chi connectivity index (χ3v) is 2.84. The lowest BCUT2D eigenvalue weighted by Crippen LogP contribution is -2.14. The van der Waals surface area contributed by atoms with E-state index in [1.165, 1.54) is 0 Å². The molecule has 0 aromatic heterocycles. The molecule has 100 valence electrons. The van der Waals surface area contributed by atoms with Gasteiger partial charge in [-0.2, -0.15) is 0 Å². The number of esters is 1. The van der Waals surface area contributed by atoms with Crippen molar-refractivity contribution >= 4 is 16.2 Å². The summed E-state index contributed by atoms with van der Waals surface area (Å²) < 4.78 is 29.9. The minimum absolute atomic E-state index is 0.0177. The van der Waals surface area contributed by atoms with Crippen LogP contribution in [-0.2, 0) is 9.53 Å². The van der Waals surface area contributed by atoms with Gasteiger partial charge in [0.15, 0.2) is 0 Å². The van der Waals surface area contributed by atoms with Gasteiger partial charge in [-0.25, -0.2) is 13.6 Å². The van der Waals surface area contributed by atoms with Crippen molar-refractivity contribution in [3.8, 4) is 0 Å². The Morgan fingerprint density at radius 3 is 2.29 bits per heavy atom. The van der Waals surface area contributed by atoms with E-state index >= 15 is 0 Å². The van der Waals surface area contributed by atoms with Gasteiger partial charge in [-0.1, -0.05) is 25.8 Å². The second-order valence-corrected chi connectivity index (χ2v) is 5.97. The lowest BCUT2D eigenvalue weighted by atomic mass is 10.1. The van der Waals surface area contributed by atoms with E-state index in [0.717, 1.165) is 25.7 Å². The van der Waals surface area contributed by atoms with E-state index in [1.807, 2.05) is 0 Å². The third kappa shape index (κ3) is 11.5. The molecule has 0 fully saturated rings. The molecule has 0 aliphatic rings. The second kappa shape index (κ2) is 8.39. The quantitative estimate of drug-likeness (QED) is 0.277. The summed E-state index contributed by atoms with van der Waals surface area (Å²) in [5.74, 6) is -0.361. The van der Waals surface area contributed by atoms with Gasteiger partial charge in [0.25, 0.3) is 0 Å². The minimum atomic E-state index is -2.41. The van der Waals surface area contributed by atoms with Gasteiger partial charge in [-0.05, 0) is 19.8 Å². The number of rotatable bonds is 9. The van der Waals surface area contributed by atoms with Crippen molar-refractivity contribution in [3.05, 3.63) is 12.2 Å². The first-order valence-electron chi connectivity index (χ1n) is 6.03. The molecule has 0 aromatic rings. The standard InChI is InChI=1S/C12H22F2O2Si/c1-10(2)11(15)16-9-7-5-3-4-6-8-12(13,14)17/h1,3-9H2,2,17H3. The summed E-state index contributed by atoms with van der Waals surface area (Å²) in [7, 11) is -0.0548. The van der Waals surface area contributed by atoms with Gasteiger partial charge in [0.1, 0.15) is 0 Å². The topological polar surface area (TPSA) is 26.3 Å². The van der Waals surface area contributed by atoms with Gasteiger partial charge < -0.3 is 4.74 Å². The van der Waals surface area contributed by atoms with Crippen molar-refractivity contribution in [3.63, 3.8) is 0 Å². The SMILES string of the molecule is C=C(C)C(=O)OCCCCCCCC(F)(F)[SiH3]. The third-order valence-electron chi connectivity index (χ3n) is 2.34. The van der Waals surface area contributed by atoms with Crippen LogP contribution >= 0.6 is 0 Å². The van der Waals surface area contributed by atoms with Crippen LogP contribution in [0.15, 0.2) is 12.2 Å². The minimum Gasteiger partial charge on any atom is -0.462 e. The maximum absolute atomic E-state index is 12.5. The summed E-state index contributed by atoms with van der Waals surface area (Å²) in [4.78, 5) is 11.0. The van der Waals surface area contributed by atoms with Crippen LogP contribution in [-0.4, -0.2) is 28.4 Å². The Labute approximate surface area is 105 Å². The molecule has 0 unspecified atom stereocenters. The maximum atomic E-state index is 12.5. The molecule has 0 saturated heterocycles. The molecular formula is C12H22F2O2Si. The van der Waals surface area contributed by atoms with Gasteiger partial charge in [-0.15, -0.1) is 0 Å². The number of alkyl halides is 2. The van der Waals surface area contributed by atoms with Crippen LogP contribution in [0.2, 0.25) is 0 Å². The van der Waals surface area contributed by atoms with Gasteiger partial charge in [-0.3, -0.25) is 0 Å². The van der Waals surface area contributed by atoms with Gasteiger partial charge >= 0.3 is 5.97 Å². The zero-order valence-corrected chi connectivity index (χ0v) is 12.7. The summed E-state index contributed by atoms with van der Waals surface area (Å²) in [6.45, 7) is 5.47. The first-order chi connectivity index (χ1) is 7.83. The van der Waals surface area contributed by atoms with Crippen molar-refractivity contribution in [1.29, 1.82) is 0 Å². The predicted molar refractivity (Wildman–Crippen MR) is 68.4 cm³/mol. The number of carbonyl (C=O) groups excluding carboxylic acids is 1. The molecule has 0 atom stereocenters. The fourth-order valence-electron chi connectivity index (χ4n) is 1.36. The Morgan fingerprint density at radius 2 is 1.76 bits per heavy atom. The Kier molecular flexibility index (Phi) is 8.04. The predicted octanol–water partition coefficient (Wildman–Crippen LogP) is 2.40. The smallest absolute Gasteiger partial charge is 0.333 e. The van der Waals surface area contributed by atoms with E-state index in [2.05, 4.69) is 6.58 Å². The van der Waals surface area contributed by atoms with E-state index in [4.69, 9.17) is 4.74 Å². The van der Waals surface area contributed by atoms with E-state index < -0.39 is 5.55 Å². The lowest BCUT2D eigenvalue weighted by Gasteiger charge is -2.09. The Balaban J connectivity index is 3.25. The maximum Gasteiger partial charge on any atom is 0.333 e. The first kappa shape index (κ1) is 16.3. The molecule has 0 bridgehead atoms. The number of carbonyl (C=O) groups is 1. The summed E-state index contributed by atoms with van der Waals surface area (Å²) in [5.41, 5.74) is -2.00. The molecule has 0 N–H and O–H groups in total. The van der Waals surface area contributed by atoms with Crippen molar-refractivity contribution < 1.29 is 18.3 Å². The molecule has 0 aromatic carbocycles. The van der Waals surface area contributed by atoms with Crippen molar-refractivity contribution in [2.75, 3.05) is 6.61 Å². The van der Waals surface area contributed by atoms with E-state index in [1.54, 1.807) is 6.92 Å². The molecule has 0 aliphatic carbocycles. The summed E-state index contributed by atoms with van der Waals surface area (Å²) in [5, 5.41) is 0. The molecule has 0 rings (SSSR count). The van der Waals surface area contributed by atoms with Crippen LogP contribution in [0.1, 0.15) is 45.4 Å². The summed E-state index contributed by atoms with van der Waals surface area (Å²) in [6, 6.07) is 0. The highest BCUT2D eigenvalue weighted by atomic mass is 28.1. The first-order valence-corrected chi connectivity index (χ1v) is 7.03. The van der Waals surface area contributed by atoms with Crippen LogP contribution in [0.4, 0.5) is 8.78 Å². The average Bonchev–Trinajstić information content (AvgIpc) is 2.19. The molecule has 5 heteroatoms. The highest BCUT2D eigenvalue weighted by Crippen LogP contribution is 2.17. The van der Waals surface area contributed by atoms with E-state index in [0.29, 0.717) is 18.6 Å². The molecule has 0 aliphatic heterocycles. The molecule has 0 radical (unpaired) electrons. The monoisotopic (exact) mass is 264 g/mol. The molecular weight excluding hydrogens is 242 g/mol. The molecule has 0 spiro atoms. The molecule has 17 heavy (non-hydrogen) atoms. The lowest BCUT2D eigenvalue weighted by molar-refractivity contribution is -0.139. The number of hydrogen-bond donors (Lipinski definition) is 0. The summed E-state index contributed by atoms with van der Waals surface area (Å²) in [6.07, 6.45) is 4.05. The van der Waals surface area contributed by atoms with Gasteiger partial charge in [0, 0.05) is 12.0 Å². The van der Waals surface area contributed by atoms with E-state index in [9.17, 15) is 13.6 Å². The Hall–Kier alpha value is -0.713. The number of unbranched alkanes of at least 4 members (excludes halogenated alkanes) is 4. The summed E-state index contributed by atoms with van der Waals surface area (Å²) >= 11 is 0. The van der Waals surface area contributed by atoms with Gasteiger partial charge in [0.05, 0.1) is 16.8 Å². The molecule has 2 nitrogen and oxygen atoms in total. The highest BCUT2D eigenvalue weighted by Gasteiger charge is 2.18. The zero-order valence-electron chi connectivity index (χ0n) is 10.7. The second-order valence-electron chi connectivity index (χ2n) is 4.50. The van der Waals surface area contributed by atoms with Crippen LogP contribution < -0.4 is 0 Å². The largest absolute Gasteiger partial charge is 0.462 e. The average molecular weight is 264 g/mol. The van der Waals surface area contributed by atoms with Crippen LogP contribution in [0.25, 0.3) is 0 Å². The van der Waals surface area contributed by atoms with Crippen molar-refractivity contribution in [1.82, 2.24) is 0 Å². The fraction of sp³-hybridized carbons (Fsp3) is 0.750. The van der Waals surface area contributed by atoms with Crippen molar-refractivity contribution in [2.24, 2.45) is 0 Å². The molecule has 0 saturated carbocycles. The normalized spacial score (nSPS) is 11.5. The van der Waals surface area contributed by atoms with Crippen LogP contribution in [0, 0.1) is 0 Å². The number of ether oxygens (including phenoxy) is 1. The molecule has 0 amide bonds. The van der Waals surface area contributed by atoms with Crippen LogP contribution in [0.5, 0.6) is 0 Å². The zero-order chi connectivity index (χ0) is 13.3. The highest BCUT2D eigenvalue weighted by molar-refractivity contribution is 6.13. The van der Waals surface area contributed by atoms with E-state index in [-0.39, 0.29) is 22.6 Å². The molecule has 0 heterocycles. The van der Waals surface area contributed by atoms with Crippen LogP contribution in [0.3, 0.4) is 0 Å². The Bertz CT molecular complexity index is 249. The van der Waals surface area contributed by atoms with Gasteiger partial charge in [0.2, 0.25) is 5.55 Å². The van der Waals surface area contributed by atoms with Crippen molar-refractivity contribution in [2.45, 2.75) is 51.0 Å². The fourth-order valence-corrected chi connectivity index (χ4v) is 1.71.